The van der Waals surface area contributed by atoms with Gasteiger partial charge < -0.3 is 5.11 Å². The van der Waals surface area contributed by atoms with Crippen molar-refractivity contribution in [2.45, 2.75) is 32.1 Å². The predicted molar refractivity (Wildman–Crippen MR) is 76.9 cm³/mol. The highest BCUT2D eigenvalue weighted by molar-refractivity contribution is 7.89. The third-order valence-electron chi connectivity index (χ3n) is 3.13. The number of benzene rings is 1. The first-order valence-corrected chi connectivity index (χ1v) is 8.21. The van der Waals surface area contributed by atoms with Crippen molar-refractivity contribution < 1.29 is 27.1 Å². The molecule has 1 rings (SSSR count). The molecule has 0 bridgehead atoms. The number of nitrogens with one attached hydrogen (secondary N) is 1. The average molecular weight is 335 g/mol. The summed E-state index contributed by atoms with van der Waals surface area (Å²) >= 11 is 0. The summed E-state index contributed by atoms with van der Waals surface area (Å²) in [5.74, 6) is -4.05. The minimum Gasteiger partial charge on any atom is -0.481 e. The molecule has 1 atom stereocenters. The van der Waals surface area contributed by atoms with E-state index in [1.807, 2.05) is 13.8 Å². The van der Waals surface area contributed by atoms with Gasteiger partial charge in [0, 0.05) is 12.6 Å². The van der Waals surface area contributed by atoms with Crippen LogP contribution in [0.2, 0.25) is 0 Å². The first-order chi connectivity index (χ1) is 10.0. The van der Waals surface area contributed by atoms with Crippen LogP contribution in [0.25, 0.3) is 0 Å². The zero-order chi connectivity index (χ0) is 17.1. The van der Waals surface area contributed by atoms with Gasteiger partial charge in [0.05, 0.1) is 5.92 Å². The van der Waals surface area contributed by atoms with Gasteiger partial charge in [-0.3, -0.25) is 4.79 Å². The minimum absolute atomic E-state index is 0.0151. The fraction of sp³-hybridized carbons (Fsp3) is 0.500. The van der Waals surface area contributed by atoms with Crippen LogP contribution in [-0.2, 0) is 14.8 Å². The van der Waals surface area contributed by atoms with Crippen LogP contribution in [0.4, 0.5) is 8.78 Å². The maximum Gasteiger partial charge on any atom is 0.307 e. The first kappa shape index (κ1) is 18.5. The van der Waals surface area contributed by atoms with Gasteiger partial charge in [0.15, 0.2) is 0 Å². The molecule has 0 spiro atoms. The van der Waals surface area contributed by atoms with Gasteiger partial charge in [0.2, 0.25) is 10.0 Å². The molecular formula is C14H19F2NO4S. The van der Waals surface area contributed by atoms with E-state index in [0.717, 1.165) is 6.07 Å². The van der Waals surface area contributed by atoms with E-state index in [1.54, 1.807) is 0 Å². The Balaban J connectivity index is 2.96. The number of carboxylic acids is 1. The van der Waals surface area contributed by atoms with Crippen LogP contribution < -0.4 is 4.72 Å². The Morgan fingerprint density at radius 2 is 1.86 bits per heavy atom. The van der Waals surface area contributed by atoms with Crippen molar-refractivity contribution in [2.24, 2.45) is 11.8 Å². The average Bonchev–Trinajstić information content (AvgIpc) is 2.37. The van der Waals surface area contributed by atoms with Gasteiger partial charge in [-0.25, -0.2) is 21.9 Å². The van der Waals surface area contributed by atoms with Gasteiger partial charge in [-0.05, 0) is 30.9 Å². The lowest BCUT2D eigenvalue weighted by molar-refractivity contribution is -0.142. The van der Waals surface area contributed by atoms with Gasteiger partial charge in [-0.1, -0.05) is 13.8 Å². The number of hydrogen-bond donors (Lipinski definition) is 2. The molecule has 0 aromatic heterocycles. The van der Waals surface area contributed by atoms with E-state index in [2.05, 4.69) is 4.72 Å². The number of carbonyl (C=O) groups is 1. The Morgan fingerprint density at radius 1 is 1.27 bits per heavy atom. The van der Waals surface area contributed by atoms with Crippen LogP contribution in [0.5, 0.6) is 0 Å². The van der Waals surface area contributed by atoms with E-state index in [-0.39, 0.29) is 24.4 Å². The Kier molecular flexibility index (Phi) is 6.01. The maximum absolute atomic E-state index is 13.6. The van der Waals surface area contributed by atoms with Crippen molar-refractivity contribution in [1.82, 2.24) is 4.72 Å². The van der Waals surface area contributed by atoms with Crippen molar-refractivity contribution in [1.29, 1.82) is 0 Å². The van der Waals surface area contributed by atoms with E-state index in [0.29, 0.717) is 6.07 Å². The number of aliphatic carboxylic acids is 1. The lowest BCUT2D eigenvalue weighted by atomic mass is 9.98. The van der Waals surface area contributed by atoms with E-state index in [9.17, 15) is 22.0 Å². The molecular weight excluding hydrogens is 316 g/mol. The van der Waals surface area contributed by atoms with Crippen molar-refractivity contribution in [3.05, 3.63) is 29.3 Å². The standard InChI is InChI=1S/C14H19F2NO4S/c1-8(2)4-10(14(18)19)7-17-22(20,21)13-5-9(3)11(15)6-12(13)16/h5-6,8,10,17H,4,7H2,1-3H3,(H,18,19). The molecule has 0 aliphatic rings. The smallest absolute Gasteiger partial charge is 0.307 e. The lowest BCUT2D eigenvalue weighted by Gasteiger charge is -2.16. The molecule has 2 N–H and O–H groups in total. The second kappa shape index (κ2) is 7.15. The molecule has 8 heteroatoms. The molecule has 1 aromatic carbocycles. The number of halogens is 2. The molecule has 0 heterocycles. The highest BCUT2D eigenvalue weighted by Crippen LogP contribution is 2.19. The molecule has 0 saturated heterocycles. The van der Waals surface area contributed by atoms with Crippen LogP contribution in [0.3, 0.4) is 0 Å². The fourth-order valence-corrected chi connectivity index (χ4v) is 3.19. The Hall–Kier alpha value is -1.54. The molecule has 22 heavy (non-hydrogen) atoms. The molecule has 1 aromatic rings. The van der Waals surface area contributed by atoms with Crippen LogP contribution in [-0.4, -0.2) is 26.0 Å². The van der Waals surface area contributed by atoms with Crippen molar-refractivity contribution in [3.63, 3.8) is 0 Å². The van der Waals surface area contributed by atoms with Crippen LogP contribution in [0.1, 0.15) is 25.8 Å². The van der Waals surface area contributed by atoms with E-state index in [4.69, 9.17) is 5.11 Å². The first-order valence-electron chi connectivity index (χ1n) is 6.72. The number of carboxylic acid groups (broad SMARTS) is 1. The summed E-state index contributed by atoms with van der Waals surface area (Å²) in [6, 6.07) is 1.37. The van der Waals surface area contributed by atoms with E-state index in [1.165, 1.54) is 6.92 Å². The van der Waals surface area contributed by atoms with Gasteiger partial charge in [-0.15, -0.1) is 0 Å². The van der Waals surface area contributed by atoms with Crippen molar-refractivity contribution in [3.8, 4) is 0 Å². The summed E-state index contributed by atoms with van der Waals surface area (Å²) in [4.78, 5) is 10.4. The number of rotatable bonds is 7. The molecule has 0 aliphatic carbocycles. The zero-order valence-corrected chi connectivity index (χ0v) is 13.4. The topological polar surface area (TPSA) is 83.5 Å². The molecule has 0 radical (unpaired) electrons. The second-order valence-electron chi connectivity index (χ2n) is 5.55. The van der Waals surface area contributed by atoms with Gasteiger partial charge in [-0.2, -0.15) is 0 Å². The molecule has 0 aliphatic heterocycles. The van der Waals surface area contributed by atoms with Crippen molar-refractivity contribution in [2.75, 3.05) is 6.54 Å². The molecule has 0 amide bonds. The highest BCUT2D eigenvalue weighted by Gasteiger charge is 2.25. The Labute approximate surface area is 128 Å². The third-order valence-corrected chi connectivity index (χ3v) is 4.57. The predicted octanol–water partition coefficient (Wildman–Crippen LogP) is 2.30. The SMILES string of the molecule is Cc1cc(S(=O)(=O)NCC(CC(C)C)C(=O)O)c(F)cc1F. The van der Waals surface area contributed by atoms with Gasteiger partial charge in [0.1, 0.15) is 16.5 Å². The van der Waals surface area contributed by atoms with E-state index < -0.39 is 38.4 Å². The second-order valence-corrected chi connectivity index (χ2v) is 7.28. The highest BCUT2D eigenvalue weighted by atomic mass is 32.2. The number of hydrogen-bond acceptors (Lipinski definition) is 3. The normalized spacial score (nSPS) is 13.4. The van der Waals surface area contributed by atoms with Crippen LogP contribution >= 0.6 is 0 Å². The van der Waals surface area contributed by atoms with Crippen LogP contribution in [0.15, 0.2) is 17.0 Å². The fourth-order valence-electron chi connectivity index (χ4n) is 1.97. The van der Waals surface area contributed by atoms with Crippen LogP contribution in [0, 0.1) is 30.4 Å². The lowest BCUT2D eigenvalue weighted by Crippen LogP contribution is -2.34. The molecule has 0 fully saturated rings. The molecule has 0 saturated carbocycles. The maximum atomic E-state index is 13.6. The summed E-state index contributed by atoms with van der Waals surface area (Å²) < 4.78 is 53.0. The summed E-state index contributed by atoms with van der Waals surface area (Å²) in [5.41, 5.74) is -0.0151. The number of aryl methyl sites for hydroxylation is 1. The van der Waals surface area contributed by atoms with E-state index >= 15 is 0 Å². The Bertz CT molecular complexity index is 659. The zero-order valence-electron chi connectivity index (χ0n) is 12.6. The molecule has 124 valence electrons. The quantitative estimate of drug-likeness (QED) is 0.801. The summed E-state index contributed by atoms with van der Waals surface area (Å²) in [7, 11) is -4.25. The monoisotopic (exact) mass is 335 g/mol. The summed E-state index contributed by atoms with van der Waals surface area (Å²) in [6.45, 7) is 4.58. The summed E-state index contributed by atoms with van der Waals surface area (Å²) in [6.07, 6.45) is 0.281. The largest absolute Gasteiger partial charge is 0.481 e. The summed E-state index contributed by atoms with van der Waals surface area (Å²) in [5, 5.41) is 9.07. The third kappa shape index (κ3) is 4.74. The van der Waals surface area contributed by atoms with Gasteiger partial charge in [0.25, 0.3) is 0 Å². The van der Waals surface area contributed by atoms with Crippen molar-refractivity contribution >= 4 is 16.0 Å². The minimum atomic E-state index is -4.25. The molecule has 5 nitrogen and oxygen atoms in total. The Morgan fingerprint density at radius 3 is 2.36 bits per heavy atom. The molecule has 1 unspecified atom stereocenters. The van der Waals surface area contributed by atoms with Gasteiger partial charge >= 0.3 is 5.97 Å². The number of sulfonamides is 1.